The topological polar surface area (TPSA) is 94.8 Å². The number of hydrogen-bond acceptors (Lipinski definition) is 7. The van der Waals surface area contributed by atoms with Gasteiger partial charge in [-0.25, -0.2) is 10.4 Å². The van der Waals surface area contributed by atoms with Crippen molar-refractivity contribution in [2.45, 2.75) is 4.34 Å². The molecule has 0 radical (unpaired) electrons. The highest BCUT2D eigenvalue weighted by Crippen LogP contribution is 2.28. The number of aromatic nitrogens is 1. The first-order valence-corrected chi connectivity index (χ1v) is 9.46. The molecule has 0 fully saturated rings. The maximum atomic E-state index is 11.9. The third-order valence-electron chi connectivity index (χ3n) is 3.29. The summed E-state index contributed by atoms with van der Waals surface area (Å²) < 4.78 is 0.805. The molecule has 1 heterocycles. The van der Waals surface area contributed by atoms with Crippen LogP contribution in [0, 0.1) is 0 Å². The average Bonchev–Trinajstić information content (AvgIpc) is 3.12. The maximum absolute atomic E-state index is 11.9. The minimum Gasteiger partial charge on any atom is -0.508 e. The standard InChI is InChI=1S/C18H15N3O3S2/c22-14-7-6-13(16(23)8-14)9-19-21-17(24)11-26-18-20-15(10-25-18)12-4-2-1-3-5-12/h1-10,22-23H,11H2,(H,21,24)/b19-9+. The number of carbonyl (C=O) groups is 1. The van der Waals surface area contributed by atoms with Crippen LogP contribution < -0.4 is 5.43 Å². The SMILES string of the molecule is O=C(CSc1nc(-c2ccccc2)cs1)N/N=C/c1ccc(O)cc1O. The zero-order valence-corrected chi connectivity index (χ0v) is 15.1. The molecule has 0 aliphatic rings. The molecule has 6 nitrogen and oxygen atoms in total. The molecule has 0 aliphatic heterocycles. The molecule has 0 saturated carbocycles. The zero-order valence-electron chi connectivity index (χ0n) is 13.5. The van der Waals surface area contributed by atoms with Gasteiger partial charge in [0.25, 0.3) is 5.91 Å². The van der Waals surface area contributed by atoms with Crippen LogP contribution in [-0.4, -0.2) is 33.1 Å². The third kappa shape index (κ3) is 4.84. The lowest BCUT2D eigenvalue weighted by Crippen LogP contribution is -2.19. The number of nitrogens with one attached hydrogen (secondary N) is 1. The van der Waals surface area contributed by atoms with Crippen molar-refractivity contribution < 1.29 is 15.0 Å². The van der Waals surface area contributed by atoms with Gasteiger partial charge >= 0.3 is 0 Å². The molecule has 0 spiro atoms. The largest absolute Gasteiger partial charge is 0.508 e. The normalized spacial score (nSPS) is 10.9. The van der Waals surface area contributed by atoms with Crippen molar-refractivity contribution in [3.63, 3.8) is 0 Å². The Labute approximate surface area is 158 Å². The number of nitrogens with zero attached hydrogens (tertiary/aromatic N) is 2. The summed E-state index contributed by atoms with van der Waals surface area (Å²) in [4.78, 5) is 16.4. The minimum atomic E-state index is -0.277. The van der Waals surface area contributed by atoms with Crippen LogP contribution in [0.15, 0.2) is 63.4 Å². The highest BCUT2D eigenvalue weighted by atomic mass is 32.2. The monoisotopic (exact) mass is 385 g/mol. The van der Waals surface area contributed by atoms with Gasteiger partial charge in [0, 0.05) is 22.6 Å². The summed E-state index contributed by atoms with van der Waals surface area (Å²) in [6, 6.07) is 14.0. The number of rotatable bonds is 6. The van der Waals surface area contributed by atoms with Gasteiger partial charge in [-0.3, -0.25) is 4.79 Å². The predicted octanol–water partition coefficient (Wildman–Crippen LogP) is 3.46. The number of hydrogen-bond donors (Lipinski definition) is 3. The second-order valence-electron chi connectivity index (χ2n) is 5.19. The number of thiazole rings is 1. The van der Waals surface area contributed by atoms with Crippen molar-refractivity contribution in [1.82, 2.24) is 10.4 Å². The highest BCUT2D eigenvalue weighted by molar-refractivity contribution is 8.01. The second-order valence-corrected chi connectivity index (χ2v) is 7.27. The van der Waals surface area contributed by atoms with E-state index in [0.717, 1.165) is 15.6 Å². The summed E-state index contributed by atoms with van der Waals surface area (Å²) in [5.74, 6) is -0.256. The predicted molar refractivity (Wildman–Crippen MR) is 104 cm³/mol. The highest BCUT2D eigenvalue weighted by Gasteiger charge is 2.07. The molecule has 0 aliphatic carbocycles. The maximum Gasteiger partial charge on any atom is 0.250 e. The Balaban J connectivity index is 1.50. The van der Waals surface area contributed by atoms with Gasteiger partial charge in [0.05, 0.1) is 17.7 Å². The first-order valence-electron chi connectivity index (χ1n) is 7.59. The molecule has 2 aromatic carbocycles. The molecule has 8 heteroatoms. The van der Waals surface area contributed by atoms with E-state index >= 15 is 0 Å². The van der Waals surface area contributed by atoms with Crippen LogP contribution >= 0.6 is 23.1 Å². The van der Waals surface area contributed by atoms with Crippen LogP contribution in [0.5, 0.6) is 11.5 Å². The number of phenolic OH excluding ortho intramolecular Hbond substituents is 2. The number of carbonyl (C=O) groups excluding carboxylic acids is 1. The van der Waals surface area contributed by atoms with E-state index in [1.165, 1.54) is 47.5 Å². The van der Waals surface area contributed by atoms with E-state index in [2.05, 4.69) is 15.5 Å². The van der Waals surface area contributed by atoms with Gasteiger partial charge in [-0.2, -0.15) is 5.10 Å². The van der Waals surface area contributed by atoms with Gasteiger partial charge in [-0.1, -0.05) is 42.1 Å². The Kier molecular flexibility index (Phi) is 5.88. The van der Waals surface area contributed by atoms with E-state index in [9.17, 15) is 15.0 Å². The van der Waals surface area contributed by atoms with Gasteiger partial charge < -0.3 is 10.2 Å². The molecule has 26 heavy (non-hydrogen) atoms. The fourth-order valence-corrected chi connectivity index (χ4v) is 3.67. The summed E-state index contributed by atoms with van der Waals surface area (Å²) in [6.45, 7) is 0. The molecule has 1 amide bonds. The number of thioether (sulfide) groups is 1. The quantitative estimate of drug-likeness (QED) is 0.343. The lowest BCUT2D eigenvalue weighted by atomic mass is 10.2. The van der Waals surface area contributed by atoms with E-state index in [1.807, 2.05) is 35.7 Å². The number of amides is 1. The van der Waals surface area contributed by atoms with E-state index in [0.29, 0.717) is 5.56 Å². The van der Waals surface area contributed by atoms with Crippen molar-refractivity contribution in [2.75, 3.05) is 5.75 Å². The van der Waals surface area contributed by atoms with Gasteiger partial charge in [0.15, 0.2) is 4.34 Å². The van der Waals surface area contributed by atoms with Crippen molar-refractivity contribution in [3.05, 3.63) is 59.5 Å². The molecular weight excluding hydrogens is 370 g/mol. The summed E-state index contributed by atoms with van der Waals surface area (Å²) >= 11 is 2.82. The number of phenols is 2. The second kappa shape index (κ2) is 8.50. The first-order chi connectivity index (χ1) is 12.6. The molecule has 0 unspecified atom stereocenters. The molecule has 0 atom stereocenters. The van der Waals surface area contributed by atoms with Gasteiger partial charge in [-0.15, -0.1) is 11.3 Å². The molecule has 0 saturated heterocycles. The zero-order chi connectivity index (χ0) is 18.4. The molecular formula is C18H15N3O3S2. The van der Waals surface area contributed by atoms with Crippen molar-refractivity contribution in [3.8, 4) is 22.8 Å². The molecule has 1 aromatic heterocycles. The van der Waals surface area contributed by atoms with E-state index < -0.39 is 0 Å². The van der Waals surface area contributed by atoms with E-state index in [1.54, 1.807) is 0 Å². The Morgan fingerprint density at radius 3 is 2.81 bits per heavy atom. The molecule has 132 valence electrons. The number of benzene rings is 2. The van der Waals surface area contributed by atoms with Crippen LogP contribution in [0.4, 0.5) is 0 Å². The summed E-state index contributed by atoms with van der Waals surface area (Å²) in [5, 5.41) is 24.6. The van der Waals surface area contributed by atoms with Gasteiger partial charge in [0.1, 0.15) is 11.5 Å². The lowest BCUT2D eigenvalue weighted by molar-refractivity contribution is -0.118. The molecule has 3 aromatic rings. The van der Waals surface area contributed by atoms with E-state index in [-0.39, 0.29) is 23.2 Å². The molecule has 0 bridgehead atoms. The van der Waals surface area contributed by atoms with Crippen molar-refractivity contribution >= 4 is 35.2 Å². The van der Waals surface area contributed by atoms with Crippen molar-refractivity contribution in [2.24, 2.45) is 5.10 Å². The number of hydrazone groups is 1. The van der Waals surface area contributed by atoms with Crippen LogP contribution in [0.1, 0.15) is 5.56 Å². The van der Waals surface area contributed by atoms with Gasteiger partial charge in [-0.05, 0) is 12.1 Å². The Morgan fingerprint density at radius 2 is 2.04 bits per heavy atom. The summed E-state index contributed by atoms with van der Waals surface area (Å²) in [5.41, 5.74) is 4.71. The smallest absolute Gasteiger partial charge is 0.250 e. The Hall–Kier alpha value is -2.84. The fourth-order valence-electron chi connectivity index (χ4n) is 2.04. The Bertz CT molecular complexity index is 926. The molecule has 3 rings (SSSR count). The third-order valence-corrected chi connectivity index (χ3v) is 5.31. The lowest BCUT2D eigenvalue weighted by Gasteiger charge is -2.00. The molecule has 3 N–H and O–H groups in total. The summed E-state index contributed by atoms with van der Waals surface area (Å²) in [6.07, 6.45) is 1.31. The van der Waals surface area contributed by atoms with Gasteiger partial charge in [0.2, 0.25) is 0 Å². The summed E-state index contributed by atoms with van der Waals surface area (Å²) in [7, 11) is 0. The minimum absolute atomic E-state index is 0.0431. The average molecular weight is 385 g/mol. The van der Waals surface area contributed by atoms with Crippen LogP contribution in [0.25, 0.3) is 11.3 Å². The van der Waals surface area contributed by atoms with Crippen LogP contribution in [-0.2, 0) is 4.79 Å². The van der Waals surface area contributed by atoms with Crippen molar-refractivity contribution in [1.29, 1.82) is 0 Å². The van der Waals surface area contributed by atoms with Crippen LogP contribution in [0.2, 0.25) is 0 Å². The number of aromatic hydroxyl groups is 2. The fraction of sp³-hybridized carbons (Fsp3) is 0.0556. The van der Waals surface area contributed by atoms with Crippen LogP contribution in [0.3, 0.4) is 0 Å². The Morgan fingerprint density at radius 1 is 1.23 bits per heavy atom. The first kappa shape index (κ1) is 18.0. The van der Waals surface area contributed by atoms with E-state index in [4.69, 9.17) is 0 Å².